The standard InChI is InChI=1S/C23H26N2O2/c1-13-10-18(14(2)24(13)3)20-22(26)19(23(20)27)17-11-15-6-4-8-25-9-5-7-16(12-17)21(15)25/h10-12,19-20H,4-9H2,1-3H3. The first-order chi connectivity index (χ1) is 13.0. The van der Waals surface area contributed by atoms with Gasteiger partial charge in [-0.3, -0.25) is 9.59 Å². The molecule has 0 N–H and O–H groups in total. The van der Waals surface area contributed by atoms with Gasteiger partial charge in [-0.2, -0.15) is 0 Å². The number of nitrogens with zero attached hydrogens (tertiary/aromatic N) is 2. The van der Waals surface area contributed by atoms with E-state index < -0.39 is 11.8 Å². The molecule has 4 heteroatoms. The molecule has 3 heterocycles. The van der Waals surface area contributed by atoms with E-state index in [9.17, 15) is 9.59 Å². The second-order valence-corrected chi connectivity index (χ2v) is 8.44. The number of rotatable bonds is 2. The lowest BCUT2D eigenvalue weighted by Gasteiger charge is -2.39. The molecule has 1 fully saturated rings. The number of ketones is 2. The number of carbonyl (C=O) groups excluding carboxylic acids is 2. The highest BCUT2D eigenvalue weighted by molar-refractivity contribution is 6.31. The Bertz CT molecular complexity index is 937. The lowest BCUT2D eigenvalue weighted by atomic mass is 9.65. The number of benzene rings is 1. The van der Waals surface area contributed by atoms with Crippen LogP contribution in [0, 0.1) is 13.8 Å². The number of anilines is 1. The van der Waals surface area contributed by atoms with Gasteiger partial charge in [-0.25, -0.2) is 0 Å². The fourth-order valence-corrected chi connectivity index (χ4v) is 5.33. The van der Waals surface area contributed by atoms with Crippen molar-refractivity contribution < 1.29 is 9.59 Å². The maximum atomic E-state index is 13.1. The number of aromatic nitrogens is 1. The van der Waals surface area contributed by atoms with E-state index in [-0.39, 0.29) is 11.6 Å². The zero-order valence-corrected chi connectivity index (χ0v) is 16.3. The molecule has 27 heavy (non-hydrogen) atoms. The maximum Gasteiger partial charge on any atom is 0.162 e. The summed E-state index contributed by atoms with van der Waals surface area (Å²) in [4.78, 5) is 28.6. The second kappa shape index (κ2) is 5.82. The van der Waals surface area contributed by atoms with Crippen LogP contribution in [0.5, 0.6) is 0 Å². The van der Waals surface area contributed by atoms with Crippen LogP contribution in [-0.2, 0) is 29.5 Å². The highest BCUT2D eigenvalue weighted by Crippen LogP contribution is 2.45. The summed E-state index contributed by atoms with van der Waals surface area (Å²) >= 11 is 0. The molecule has 1 aromatic heterocycles. The first-order valence-corrected chi connectivity index (χ1v) is 10.1. The van der Waals surface area contributed by atoms with Gasteiger partial charge in [-0.05, 0) is 67.9 Å². The minimum atomic E-state index is -0.571. The van der Waals surface area contributed by atoms with Gasteiger partial charge in [0.2, 0.25) is 0 Å². The number of aryl methyl sites for hydroxylation is 3. The summed E-state index contributed by atoms with van der Waals surface area (Å²) in [7, 11) is 1.99. The summed E-state index contributed by atoms with van der Waals surface area (Å²) in [6, 6.07) is 6.30. The normalized spacial score (nSPS) is 24.0. The topological polar surface area (TPSA) is 42.3 Å². The Labute approximate surface area is 160 Å². The third-order valence-electron chi connectivity index (χ3n) is 6.95. The highest BCUT2D eigenvalue weighted by Gasteiger charge is 2.51. The molecule has 0 atom stereocenters. The van der Waals surface area contributed by atoms with Gasteiger partial charge in [0.15, 0.2) is 11.6 Å². The minimum absolute atomic E-state index is 0.0734. The van der Waals surface area contributed by atoms with Gasteiger partial charge in [-0.15, -0.1) is 0 Å². The molecule has 2 aliphatic heterocycles. The molecule has 1 saturated carbocycles. The van der Waals surface area contributed by atoms with Crippen molar-refractivity contribution in [1.82, 2.24) is 4.57 Å². The SMILES string of the molecule is Cc1cc(C2C(=O)C(c3cc4c5c(c3)CCCN5CCC4)C2=O)c(C)n1C. The van der Waals surface area contributed by atoms with Gasteiger partial charge in [-0.1, -0.05) is 12.1 Å². The Kier molecular flexibility index (Phi) is 3.62. The number of Topliss-reactive ketones (excluding diaryl/α,β-unsaturated/α-hetero) is 2. The highest BCUT2D eigenvalue weighted by atomic mass is 16.2. The molecular weight excluding hydrogens is 336 g/mol. The Balaban J connectivity index is 1.51. The average Bonchev–Trinajstić information content (AvgIpc) is 2.89. The fraction of sp³-hybridized carbons (Fsp3) is 0.478. The number of hydrogen-bond acceptors (Lipinski definition) is 3. The molecule has 1 aliphatic carbocycles. The Morgan fingerprint density at radius 2 is 1.48 bits per heavy atom. The first-order valence-electron chi connectivity index (χ1n) is 10.1. The van der Waals surface area contributed by atoms with Gasteiger partial charge in [0.05, 0.1) is 0 Å². The van der Waals surface area contributed by atoms with Crippen LogP contribution in [0.4, 0.5) is 5.69 Å². The number of hydrogen-bond donors (Lipinski definition) is 0. The van der Waals surface area contributed by atoms with Crippen LogP contribution in [0.3, 0.4) is 0 Å². The second-order valence-electron chi connectivity index (χ2n) is 8.44. The van der Waals surface area contributed by atoms with E-state index in [1.165, 1.54) is 16.8 Å². The third-order valence-corrected chi connectivity index (χ3v) is 6.95. The van der Waals surface area contributed by atoms with Crippen LogP contribution >= 0.6 is 0 Å². The Morgan fingerprint density at radius 1 is 0.889 bits per heavy atom. The Morgan fingerprint density at radius 3 is 2.00 bits per heavy atom. The smallest absolute Gasteiger partial charge is 0.162 e. The summed E-state index contributed by atoms with van der Waals surface area (Å²) in [5.41, 5.74) is 8.00. The van der Waals surface area contributed by atoms with Crippen molar-refractivity contribution in [1.29, 1.82) is 0 Å². The van der Waals surface area contributed by atoms with Crippen LogP contribution in [-0.4, -0.2) is 29.2 Å². The predicted octanol–water partition coefficient (Wildman–Crippen LogP) is 3.36. The van der Waals surface area contributed by atoms with Crippen LogP contribution in [0.15, 0.2) is 18.2 Å². The van der Waals surface area contributed by atoms with Crippen molar-refractivity contribution in [3.8, 4) is 0 Å². The van der Waals surface area contributed by atoms with Crippen LogP contribution in [0.25, 0.3) is 0 Å². The van der Waals surface area contributed by atoms with Crippen molar-refractivity contribution >= 4 is 17.3 Å². The molecule has 0 spiro atoms. The lowest BCUT2D eigenvalue weighted by molar-refractivity contribution is -0.142. The summed E-state index contributed by atoms with van der Waals surface area (Å²) < 4.78 is 2.06. The molecule has 0 unspecified atom stereocenters. The molecule has 0 saturated heterocycles. The van der Waals surface area contributed by atoms with E-state index in [0.29, 0.717) is 0 Å². The van der Waals surface area contributed by atoms with E-state index >= 15 is 0 Å². The van der Waals surface area contributed by atoms with E-state index in [1.54, 1.807) is 0 Å². The van der Waals surface area contributed by atoms with Crippen molar-refractivity contribution in [2.45, 2.75) is 51.4 Å². The van der Waals surface area contributed by atoms with Gasteiger partial charge < -0.3 is 9.47 Å². The van der Waals surface area contributed by atoms with Gasteiger partial charge in [0.1, 0.15) is 11.8 Å². The molecule has 0 radical (unpaired) electrons. The van der Waals surface area contributed by atoms with Crippen molar-refractivity contribution in [2.75, 3.05) is 18.0 Å². The molecule has 140 valence electrons. The molecule has 2 aromatic rings. The van der Waals surface area contributed by atoms with Gasteiger partial charge >= 0.3 is 0 Å². The maximum absolute atomic E-state index is 13.1. The zero-order valence-electron chi connectivity index (χ0n) is 16.3. The van der Waals surface area contributed by atoms with Gasteiger partial charge in [0.25, 0.3) is 0 Å². The van der Waals surface area contributed by atoms with E-state index in [4.69, 9.17) is 0 Å². The summed E-state index contributed by atoms with van der Waals surface area (Å²) in [5, 5.41) is 0. The average molecular weight is 362 g/mol. The summed E-state index contributed by atoms with van der Waals surface area (Å²) in [5.74, 6) is -0.985. The molecule has 4 nitrogen and oxygen atoms in total. The van der Waals surface area contributed by atoms with Crippen molar-refractivity contribution in [2.24, 2.45) is 7.05 Å². The van der Waals surface area contributed by atoms with E-state index in [2.05, 4.69) is 21.6 Å². The third kappa shape index (κ3) is 2.28. The molecule has 3 aliphatic rings. The summed E-state index contributed by atoms with van der Waals surface area (Å²) in [6.07, 6.45) is 4.44. The number of carbonyl (C=O) groups is 2. The van der Waals surface area contributed by atoms with Crippen LogP contribution in [0.1, 0.15) is 58.3 Å². The predicted molar refractivity (Wildman–Crippen MR) is 106 cm³/mol. The lowest BCUT2D eigenvalue weighted by Crippen LogP contribution is -2.45. The van der Waals surface area contributed by atoms with Crippen LogP contribution in [0.2, 0.25) is 0 Å². The van der Waals surface area contributed by atoms with Crippen molar-refractivity contribution in [3.63, 3.8) is 0 Å². The quantitative estimate of drug-likeness (QED) is 0.770. The fourth-order valence-electron chi connectivity index (χ4n) is 5.33. The molecule has 1 aromatic carbocycles. The largest absolute Gasteiger partial charge is 0.371 e. The van der Waals surface area contributed by atoms with E-state index in [1.807, 2.05) is 27.0 Å². The van der Waals surface area contributed by atoms with Crippen molar-refractivity contribution in [3.05, 3.63) is 51.8 Å². The summed E-state index contributed by atoms with van der Waals surface area (Å²) in [6.45, 7) is 6.28. The molecule has 5 rings (SSSR count). The Hall–Kier alpha value is -2.36. The monoisotopic (exact) mass is 362 g/mol. The first kappa shape index (κ1) is 16.8. The zero-order chi connectivity index (χ0) is 18.9. The molecular formula is C23H26N2O2. The van der Waals surface area contributed by atoms with E-state index in [0.717, 1.165) is 61.3 Å². The molecule has 0 bridgehead atoms. The van der Waals surface area contributed by atoms with Gasteiger partial charge in [0, 0.05) is 37.2 Å². The van der Waals surface area contributed by atoms with Crippen LogP contribution < -0.4 is 4.90 Å². The molecule has 0 amide bonds. The minimum Gasteiger partial charge on any atom is -0.371 e.